The van der Waals surface area contributed by atoms with E-state index in [2.05, 4.69) is 85.2 Å². The summed E-state index contributed by atoms with van der Waals surface area (Å²) in [6.07, 6.45) is 5.91. The first-order valence-corrected chi connectivity index (χ1v) is 13.0. The number of piperazine rings is 1. The molecule has 0 saturated carbocycles. The first-order valence-electron chi connectivity index (χ1n) is 13.0. The molecule has 1 fully saturated rings. The van der Waals surface area contributed by atoms with Crippen LogP contribution in [0.25, 0.3) is 0 Å². The average molecular weight is 479 g/mol. The van der Waals surface area contributed by atoms with Crippen molar-refractivity contribution in [3.8, 4) is 11.8 Å². The SMILES string of the molecule is C=C(/C(=C/C(Cc1ccccc1)=C(\C)NC(=O)NC)C(C#CCC)CC)N1CCNCC1.CCC. The monoisotopic (exact) mass is 478 g/mol. The molecule has 1 aliphatic heterocycles. The summed E-state index contributed by atoms with van der Waals surface area (Å²) in [7, 11) is 1.63. The molecular weight excluding hydrogens is 432 g/mol. The lowest BCUT2D eigenvalue weighted by Gasteiger charge is -2.33. The fraction of sp³-hybridized carbons (Fsp3) is 0.500. The first-order chi connectivity index (χ1) is 16.9. The summed E-state index contributed by atoms with van der Waals surface area (Å²) in [6, 6.07) is 10.1. The molecule has 2 rings (SSSR count). The Kier molecular flexibility index (Phi) is 15.0. The van der Waals surface area contributed by atoms with E-state index in [4.69, 9.17) is 0 Å². The molecule has 0 radical (unpaired) electrons. The van der Waals surface area contributed by atoms with Crippen LogP contribution in [0.5, 0.6) is 0 Å². The van der Waals surface area contributed by atoms with Gasteiger partial charge < -0.3 is 20.9 Å². The average Bonchev–Trinajstić information content (AvgIpc) is 2.88. The summed E-state index contributed by atoms with van der Waals surface area (Å²) >= 11 is 0. The number of hydrogen-bond donors (Lipinski definition) is 3. The maximum absolute atomic E-state index is 12.0. The van der Waals surface area contributed by atoms with Crippen LogP contribution in [-0.2, 0) is 6.42 Å². The van der Waals surface area contributed by atoms with Crippen molar-refractivity contribution >= 4 is 6.03 Å². The smallest absolute Gasteiger partial charge is 0.318 e. The number of carbonyl (C=O) groups excluding carboxylic acids is 1. The molecule has 192 valence electrons. The van der Waals surface area contributed by atoms with Gasteiger partial charge in [0.15, 0.2) is 0 Å². The number of carbonyl (C=O) groups is 1. The standard InChI is InChI=1S/C27H38N4O.C3H8/c1-6-8-14-24(7-2)26(22(4)31-17-15-29-16-18-31)20-25(21(3)30-27(32)28-5)19-23-12-10-9-11-13-23;1-3-2/h9-13,20,24,29H,4,6-7,15-19H2,1-3,5H3,(H2,28,30,32);3H2,1-2H3/b25-21+,26-20-;. The topological polar surface area (TPSA) is 56.4 Å². The van der Waals surface area contributed by atoms with E-state index in [1.807, 2.05) is 25.1 Å². The van der Waals surface area contributed by atoms with Crippen LogP contribution in [0.1, 0.15) is 59.4 Å². The number of rotatable bonds is 8. The Morgan fingerprint density at radius 3 is 2.34 bits per heavy atom. The quantitative estimate of drug-likeness (QED) is 0.335. The van der Waals surface area contributed by atoms with E-state index in [1.54, 1.807) is 7.05 Å². The molecule has 1 aromatic rings. The molecule has 1 saturated heterocycles. The predicted molar refractivity (Wildman–Crippen MR) is 150 cm³/mol. The third-order valence-electron chi connectivity index (χ3n) is 5.65. The molecule has 5 heteroatoms. The lowest BCUT2D eigenvalue weighted by Crippen LogP contribution is -2.43. The Morgan fingerprint density at radius 1 is 1.17 bits per heavy atom. The summed E-state index contributed by atoms with van der Waals surface area (Å²) in [6.45, 7) is 18.7. The molecule has 1 unspecified atom stereocenters. The molecule has 1 heterocycles. The zero-order valence-corrected chi connectivity index (χ0v) is 22.8. The van der Waals surface area contributed by atoms with Crippen molar-refractivity contribution in [1.29, 1.82) is 0 Å². The van der Waals surface area contributed by atoms with Gasteiger partial charge in [-0.2, -0.15) is 0 Å². The largest absolute Gasteiger partial charge is 0.369 e. The summed E-state index contributed by atoms with van der Waals surface area (Å²) < 4.78 is 0. The molecule has 5 nitrogen and oxygen atoms in total. The molecule has 2 amide bonds. The van der Waals surface area contributed by atoms with Gasteiger partial charge in [-0.05, 0) is 36.5 Å². The van der Waals surface area contributed by atoms with Crippen LogP contribution < -0.4 is 16.0 Å². The fourth-order valence-corrected chi connectivity index (χ4v) is 3.74. The van der Waals surface area contributed by atoms with Crippen molar-refractivity contribution in [2.24, 2.45) is 5.92 Å². The summed E-state index contributed by atoms with van der Waals surface area (Å²) in [5, 5.41) is 9.03. The van der Waals surface area contributed by atoms with Crippen LogP contribution in [0.2, 0.25) is 0 Å². The highest BCUT2D eigenvalue weighted by molar-refractivity contribution is 5.75. The molecular formula is C30H46N4O. The van der Waals surface area contributed by atoms with E-state index >= 15 is 0 Å². The van der Waals surface area contributed by atoms with Crippen molar-refractivity contribution in [3.05, 3.63) is 71.1 Å². The van der Waals surface area contributed by atoms with Crippen molar-refractivity contribution in [1.82, 2.24) is 20.9 Å². The maximum Gasteiger partial charge on any atom is 0.318 e. The molecule has 3 N–H and O–H groups in total. The summed E-state index contributed by atoms with van der Waals surface area (Å²) in [5.41, 5.74) is 5.25. The number of urea groups is 1. The number of hydrogen-bond acceptors (Lipinski definition) is 3. The van der Waals surface area contributed by atoms with Crippen LogP contribution in [-0.4, -0.2) is 44.2 Å². The zero-order chi connectivity index (χ0) is 26.1. The van der Waals surface area contributed by atoms with Gasteiger partial charge in [0.1, 0.15) is 0 Å². The van der Waals surface area contributed by atoms with Crippen molar-refractivity contribution in [2.45, 2.75) is 60.3 Å². The van der Waals surface area contributed by atoms with Gasteiger partial charge in [-0.1, -0.05) is 83.0 Å². The van der Waals surface area contributed by atoms with Crippen LogP contribution in [0.4, 0.5) is 4.79 Å². The molecule has 35 heavy (non-hydrogen) atoms. The van der Waals surface area contributed by atoms with Gasteiger partial charge in [-0.3, -0.25) is 0 Å². The van der Waals surface area contributed by atoms with Crippen LogP contribution in [0.15, 0.2) is 65.5 Å². The van der Waals surface area contributed by atoms with Gasteiger partial charge in [0.05, 0.1) is 0 Å². The third-order valence-corrected chi connectivity index (χ3v) is 5.65. The lowest BCUT2D eigenvalue weighted by atomic mass is 9.90. The van der Waals surface area contributed by atoms with E-state index in [9.17, 15) is 4.79 Å². The highest BCUT2D eigenvalue weighted by Crippen LogP contribution is 2.28. The Morgan fingerprint density at radius 2 is 1.80 bits per heavy atom. The van der Waals surface area contributed by atoms with Crippen molar-refractivity contribution < 1.29 is 4.79 Å². The number of nitrogens with one attached hydrogen (secondary N) is 3. The highest BCUT2D eigenvalue weighted by atomic mass is 16.2. The first kappa shape index (κ1) is 30.1. The van der Waals surface area contributed by atoms with E-state index in [-0.39, 0.29) is 11.9 Å². The minimum absolute atomic E-state index is 0.0934. The highest BCUT2D eigenvalue weighted by Gasteiger charge is 2.21. The van der Waals surface area contributed by atoms with E-state index < -0.39 is 0 Å². The fourth-order valence-electron chi connectivity index (χ4n) is 3.74. The molecule has 1 atom stereocenters. The van der Waals surface area contributed by atoms with E-state index in [0.29, 0.717) is 6.42 Å². The molecule has 0 spiro atoms. The van der Waals surface area contributed by atoms with E-state index in [1.165, 1.54) is 12.0 Å². The molecule has 1 aliphatic rings. The minimum atomic E-state index is -0.221. The normalized spacial score (nSPS) is 14.9. The van der Waals surface area contributed by atoms with Gasteiger partial charge in [0, 0.05) is 57.0 Å². The van der Waals surface area contributed by atoms with Crippen LogP contribution in [0.3, 0.4) is 0 Å². The van der Waals surface area contributed by atoms with E-state index in [0.717, 1.165) is 61.6 Å². The predicted octanol–water partition coefficient (Wildman–Crippen LogP) is 5.63. The Labute approximate surface area is 214 Å². The Bertz CT molecular complexity index is 899. The zero-order valence-electron chi connectivity index (χ0n) is 22.8. The lowest BCUT2D eigenvalue weighted by molar-refractivity contribution is 0.245. The number of benzene rings is 1. The second-order valence-electron chi connectivity index (χ2n) is 8.64. The van der Waals surface area contributed by atoms with Gasteiger partial charge in [0.25, 0.3) is 0 Å². The Balaban J connectivity index is 0.00000194. The van der Waals surface area contributed by atoms with Crippen molar-refractivity contribution in [2.75, 3.05) is 33.2 Å². The van der Waals surface area contributed by atoms with Crippen molar-refractivity contribution in [3.63, 3.8) is 0 Å². The molecule has 1 aromatic carbocycles. The second-order valence-corrected chi connectivity index (χ2v) is 8.64. The van der Waals surface area contributed by atoms with Crippen LogP contribution >= 0.6 is 0 Å². The van der Waals surface area contributed by atoms with Gasteiger partial charge in [-0.15, -0.1) is 5.92 Å². The van der Waals surface area contributed by atoms with Gasteiger partial charge in [0.2, 0.25) is 0 Å². The maximum atomic E-state index is 12.0. The molecule has 0 bridgehead atoms. The van der Waals surface area contributed by atoms with Crippen LogP contribution in [0, 0.1) is 17.8 Å². The Hall–Kier alpha value is -2.97. The minimum Gasteiger partial charge on any atom is -0.369 e. The summed E-state index contributed by atoms with van der Waals surface area (Å²) in [4.78, 5) is 14.4. The second kappa shape index (κ2) is 17.5. The molecule has 0 aliphatic carbocycles. The third kappa shape index (κ3) is 10.9. The van der Waals surface area contributed by atoms with Gasteiger partial charge in [-0.25, -0.2) is 4.79 Å². The van der Waals surface area contributed by atoms with Gasteiger partial charge >= 0.3 is 6.03 Å². The number of amides is 2. The summed E-state index contributed by atoms with van der Waals surface area (Å²) in [5.74, 6) is 6.82. The number of nitrogens with zero attached hydrogens (tertiary/aromatic N) is 1. The number of allylic oxidation sites excluding steroid dienone is 4. The molecule has 0 aromatic heterocycles.